The Morgan fingerprint density at radius 1 is 0.641 bits per heavy atom. The normalized spacial score (nSPS) is 30.6. The number of alkyl halides is 2. The molecule has 0 bridgehead atoms. The summed E-state index contributed by atoms with van der Waals surface area (Å²) in [6.45, 7) is 12.8. The van der Waals surface area contributed by atoms with E-state index in [2.05, 4.69) is 27.7 Å². The van der Waals surface area contributed by atoms with Crippen LogP contribution < -0.4 is 4.74 Å². The average molecular weight is 543 g/mol. The maximum atomic E-state index is 14.9. The molecule has 0 spiro atoms. The van der Waals surface area contributed by atoms with Gasteiger partial charge in [0.1, 0.15) is 5.75 Å². The number of ether oxygens (including phenoxy) is 1. The molecule has 3 aliphatic rings. The molecule has 3 fully saturated rings. The van der Waals surface area contributed by atoms with Gasteiger partial charge >= 0.3 is 6.11 Å². The van der Waals surface area contributed by atoms with Crippen molar-refractivity contribution < 1.29 is 13.5 Å². The second kappa shape index (κ2) is 13.5. The van der Waals surface area contributed by atoms with Crippen molar-refractivity contribution in [3.63, 3.8) is 0 Å². The fourth-order valence-corrected chi connectivity index (χ4v) is 7.94. The highest BCUT2D eigenvalue weighted by Gasteiger charge is 2.32. The van der Waals surface area contributed by atoms with E-state index in [1.807, 2.05) is 13.8 Å². The molecule has 0 N–H and O–H groups in total. The third kappa shape index (κ3) is 8.32. The van der Waals surface area contributed by atoms with Gasteiger partial charge in [0.25, 0.3) is 0 Å². The Labute approximate surface area is 238 Å². The predicted octanol–water partition coefficient (Wildman–Crippen LogP) is 11.2. The summed E-state index contributed by atoms with van der Waals surface area (Å²) in [5.41, 5.74) is 5.41. The summed E-state index contributed by atoms with van der Waals surface area (Å²) < 4.78 is 35.3. The van der Waals surface area contributed by atoms with Gasteiger partial charge in [0.2, 0.25) is 0 Å². The summed E-state index contributed by atoms with van der Waals surface area (Å²) in [4.78, 5) is 0. The second-order valence-corrected chi connectivity index (χ2v) is 14.2. The van der Waals surface area contributed by atoms with Gasteiger partial charge in [0, 0.05) is 6.08 Å². The largest absolute Gasteiger partial charge is 0.429 e. The second-order valence-electron chi connectivity index (χ2n) is 14.2. The minimum absolute atomic E-state index is 0.375. The Morgan fingerprint density at radius 3 is 1.59 bits per heavy atom. The maximum absolute atomic E-state index is 14.9. The zero-order valence-corrected chi connectivity index (χ0v) is 25.9. The van der Waals surface area contributed by atoms with E-state index in [-0.39, 0.29) is 0 Å². The van der Waals surface area contributed by atoms with E-state index in [9.17, 15) is 8.78 Å². The van der Waals surface area contributed by atoms with E-state index in [1.54, 1.807) is 6.08 Å². The molecular weight excluding hydrogens is 486 g/mol. The molecule has 0 unspecified atom stereocenters. The third-order valence-corrected chi connectivity index (χ3v) is 11.1. The predicted molar refractivity (Wildman–Crippen MR) is 161 cm³/mol. The maximum Gasteiger partial charge on any atom is 0.419 e. The molecule has 0 amide bonds. The molecule has 0 heterocycles. The summed E-state index contributed by atoms with van der Waals surface area (Å²) in [7, 11) is 0. The molecule has 3 saturated carbocycles. The van der Waals surface area contributed by atoms with Crippen LogP contribution in [0, 0.1) is 63.2 Å². The van der Waals surface area contributed by atoms with Gasteiger partial charge in [0.15, 0.2) is 0 Å². The molecule has 1 aromatic rings. The minimum Gasteiger partial charge on any atom is -0.429 e. The van der Waals surface area contributed by atoms with Crippen molar-refractivity contribution in [2.24, 2.45) is 35.5 Å². The van der Waals surface area contributed by atoms with Crippen molar-refractivity contribution >= 4 is 0 Å². The van der Waals surface area contributed by atoms with Crippen molar-refractivity contribution in [3.8, 4) is 5.75 Å². The lowest BCUT2D eigenvalue weighted by atomic mass is 9.72. The molecule has 0 atom stereocenters. The van der Waals surface area contributed by atoms with E-state index in [1.165, 1.54) is 76.2 Å². The van der Waals surface area contributed by atoms with Crippen LogP contribution >= 0.6 is 0 Å². The molecule has 4 rings (SSSR count). The molecule has 0 radical (unpaired) electrons. The third-order valence-electron chi connectivity index (χ3n) is 11.1. The van der Waals surface area contributed by atoms with Crippen molar-refractivity contribution in [1.82, 2.24) is 0 Å². The zero-order valence-electron chi connectivity index (χ0n) is 25.9. The Hall–Kier alpha value is -1.38. The van der Waals surface area contributed by atoms with Gasteiger partial charge < -0.3 is 4.74 Å². The first-order chi connectivity index (χ1) is 18.5. The van der Waals surface area contributed by atoms with Crippen LogP contribution in [0.5, 0.6) is 5.75 Å². The van der Waals surface area contributed by atoms with E-state index in [4.69, 9.17) is 4.74 Å². The quantitative estimate of drug-likeness (QED) is 0.282. The lowest BCUT2D eigenvalue weighted by Gasteiger charge is -2.34. The SMILES string of the molecule is Cc1c(C)c(OC(F)(F)/C=C/CC2CCC(C)CC2)c(C)c(C)c1CC1CCC(CC2CCC(C)CC2)CC1. The molecule has 1 aromatic carbocycles. The lowest BCUT2D eigenvalue weighted by molar-refractivity contribution is -0.132. The zero-order chi connectivity index (χ0) is 28.2. The van der Waals surface area contributed by atoms with Crippen LogP contribution in [0.25, 0.3) is 0 Å². The summed E-state index contributed by atoms with van der Waals surface area (Å²) >= 11 is 0. The van der Waals surface area contributed by atoms with Gasteiger partial charge in [-0.15, -0.1) is 0 Å². The number of allylic oxidation sites excluding steroid dienone is 1. The smallest absolute Gasteiger partial charge is 0.419 e. The molecule has 39 heavy (non-hydrogen) atoms. The standard InChI is InChI=1S/C36H56F2O/c1-24-9-13-30(14-10-24)8-7-21-36(37,38)39-35-28(5)26(3)34(27(4)29(35)6)23-33-19-17-32(18-20-33)22-31-15-11-25(2)12-16-31/h7,21,24-25,30-33H,8-20,22-23H2,1-6H3/b21-7+. The Kier molecular flexibility index (Phi) is 10.6. The number of rotatable bonds is 9. The molecule has 0 aromatic heterocycles. The Balaban J connectivity index is 1.33. The number of hydrogen-bond donors (Lipinski definition) is 0. The van der Waals surface area contributed by atoms with Crippen LogP contribution in [0.1, 0.15) is 132 Å². The fourth-order valence-electron chi connectivity index (χ4n) is 7.94. The Morgan fingerprint density at radius 2 is 1.08 bits per heavy atom. The number of benzene rings is 1. The van der Waals surface area contributed by atoms with Gasteiger partial charge in [-0.05, 0) is 136 Å². The molecule has 3 heteroatoms. The molecule has 0 saturated heterocycles. The van der Waals surface area contributed by atoms with Crippen LogP contribution in [0.4, 0.5) is 8.78 Å². The van der Waals surface area contributed by atoms with Crippen molar-refractivity contribution in [3.05, 3.63) is 40.0 Å². The Bertz CT molecular complexity index is 926. The molecule has 0 aliphatic heterocycles. The van der Waals surface area contributed by atoms with E-state index < -0.39 is 6.11 Å². The summed E-state index contributed by atoms with van der Waals surface area (Å²) in [6.07, 6.45) is 18.5. The highest BCUT2D eigenvalue weighted by Crippen LogP contribution is 2.42. The summed E-state index contributed by atoms with van der Waals surface area (Å²) in [5.74, 6) is 5.22. The minimum atomic E-state index is -3.29. The first kappa shape index (κ1) is 30.6. The van der Waals surface area contributed by atoms with Crippen LogP contribution in [-0.4, -0.2) is 6.11 Å². The van der Waals surface area contributed by atoms with Crippen molar-refractivity contribution in [1.29, 1.82) is 0 Å². The van der Waals surface area contributed by atoms with Gasteiger partial charge in [-0.2, -0.15) is 8.78 Å². The molecular formula is C36H56F2O. The highest BCUT2D eigenvalue weighted by atomic mass is 19.3. The first-order valence-corrected chi connectivity index (χ1v) is 16.4. The summed E-state index contributed by atoms with van der Waals surface area (Å²) in [6, 6.07) is 0. The van der Waals surface area contributed by atoms with Crippen LogP contribution in [0.3, 0.4) is 0 Å². The van der Waals surface area contributed by atoms with E-state index in [0.717, 1.165) is 77.7 Å². The topological polar surface area (TPSA) is 9.23 Å². The highest BCUT2D eigenvalue weighted by molar-refractivity contribution is 5.54. The monoisotopic (exact) mass is 542 g/mol. The molecule has 220 valence electrons. The number of halogens is 2. The van der Waals surface area contributed by atoms with Crippen LogP contribution in [0.2, 0.25) is 0 Å². The average Bonchev–Trinajstić information content (AvgIpc) is 2.91. The van der Waals surface area contributed by atoms with E-state index in [0.29, 0.717) is 17.6 Å². The van der Waals surface area contributed by atoms with Gasteiger partial charge in [-0.1, -0.05) is 71.3 Å². The van der Waals surface area contributed by atoms with Gasteiger partial charge in [-0.3, -0.25) is 0 Å². The van der Waals surface area contributed by atoms with Crippen molar-refractivity contribution in [2.45, 2.75) is 144 Å². The first-order valence-electron chi connectivity index (χ1n) is 16.4. The van der Waals surface area contributed by atoms with Gasteiger partial charge in [0.05, 0.1) is 0 Å². The molecule has 3 aliphatic carbocycles. The fraction of sp³-hybridized carbons (Fsp3) is 0.778. The van der Waals surface area contributed by atoms with Gasteiger partial charge in [-0.25, -0.2) is 0 Å². The van der Waals surface area contributed by atoms with E-state index >= 15 is 0 Å². The summed E-state index contributed by atoms with van der Waals surface area (Å²) in [5, 5.41) is 0. The lowest BCUT2D eigenvalue weighted by Crippen LogP contribution is -2.24. The molecule has 1 nitrogen and oxygen atoms in total. The number of hydrogen-bond acceptors (Lipinski definition) is 1. The van der Waals surface area contributed by atoms with Crippen molar-refractivity contribution in [2.75, 3.05) is 0 Å². The van der Waals surface area contributed by atoms with Crippen LogP contribution in [-0.2, 0) is 6.42 Å². The van der Waals surface area contributed by atoms with Crippen LogP contribution in [0.15, 0.2) is 12.2 Å².